The lowest BCUT2D eigenvalue weighted by Crippen LogP contribution is -2.47. The molecule has 3 aromatic carbocycles. The molecule has 0 saturated carbocycles. The Hall–Kier alpha value is -4.52. The minimum atomic E-state index is -0.487. The average Bonchev–Trinajstić information content (AvgIpc) is 3.58. The highest BCUT2D eigenvalue weighted by Gasteiger charge is 2.30. The van der Waals surface area contributed by atoms with E-state index >= 15 is 0 Å². The minimum absolute atomic E-state index is 0.0636. The summed E-state index contributed by atoms with van der Waals surface area (Å²) in [7, 11) is 3.72. The number of ether oxygens (including phenoxy) is 5. The largest absolute Gasteiger partial charge is 0.497 e. The minimum Gasteiger partial charge on any atom is -0.497 e. The molecule has 0 fully saturated rings. The van der Waals surface area contributed by atoms with Crippen molar-refractivity contribution in [1.29, 1.82) is 0 Å². The van der Waals surface area contributed by atoms with E-state index in [1.54, 1.807) is 48.4 Å². The molecule has 5 rings (SSSR count). The van der Waals surface area contributed by atoms with E-state index in [0.717, 1.165) is 37.1 Å². The van der Waals surface area contributed by atoms with E-state index in [0.29, 0.717) is 53.9 Å². The third kappa shape index (κ3) is 9.80. The Kier molecular flexibility index (Phi) is 12.8. The molecule has 0 bridgehead atoms. The Balaban J connectivity index is 1.35. The van der Waals surface area contributed by atoms with Crippen molar-refractivity contribution in [2.24, 2.45) is 5.92 Å². The fraction of sp³-hybridized carbons (Fsp3) is 0.474. The van der Waals surface area contributed by atoms with Crippen molar-refractivity contribution in [3.05, 3.63) is 71.8 Å². The summed E-state index contributed by atoms with van der Waals surface area (Å²) >= 11 is 0. The first kappa shape index (κ1) is 36.8. The lowest BCUT2D eigenvalue weighted by atomic mass is 10.0. The summed E-state index contributed by atoms with van der Waals surface area (Å²) in [6.45, 7) is 8.14. The third-order valence-electron chi connectivity index (χ3n) is 9.04. The van der Waals surface area contributed by atoms with Crippen molar-refractivity contribution >= 4 is 23.3 Å². The number of anilines is 2. The number of carbonyl (C=O) groups excluding carboxylic acids is 2. The van der Waals surface area contributed by atoms with E-state index in [1.165, 1.54) is 0 Å². The van der Waals surface area contributed by atoms with Gasteiger partial charge >= 0.3 is 6.03 Å². The number of likely N-dealkylation sites (N-methyl/N-ethyl adjacent to an activating group) is 1. The van der Waals surface area contributed by atoms with Gasteiger partial charge in [-0.25, -0.2) is 4.79 Å². The predicted molar refractivity (Wildman–Crippen MR) is 191 cm³/mol. The molecule has 0 spiro atoms. The van der Waals surface area contributed by atoms with E-state index in [1.807, 2.05) is 26.0 Å². The number of carbonyl (C=O) groups is 2. The van der Waals surface area contributed by atoms with Crippen LogP contribution in [-0.4, -0.2) is 92.3 Å². The zero-order chi connectivity index (χ0) is 35.6. The second-order valence-corrected chi connectivity index (χ2v) is 13.2. The summed E-state index contributed by atoms with van der Waals surface area (Å²) in [5.41, 5.74) is 2.41. The molecule has 3 aromatic rings. The molecule has 3 amide bonds. The van der Waals surface area contributed by atoms with Crippen LogP contribution in [0.5, 0.6) is 23.0 Å². The number of hydrogen-bond acceptors (Lipinski definition) is 9. The van der Waals surface area contributed by atoms with Crippen molar-refractivity contribution in [1.82, 2.24) is 9.80 Å². The molecular weight excluding hydrogens is 640 g/mol. The van der Waals surface area contributed by atoms with Crippen molar-refractivity contribution in [3.63, 3.8) is 0 Å². The number of urea groups is 1. The lowest BCUT2D eigenvalue weighted by molar-refractivity contribution is -0.0177. The Morgan fingerprint density at radius 1 is 1.00 bits per heavy atom. The van der Waals surface area contributed by atoms with Crippen LogP contribution in [0.3, 0.4) is 0 Å². The van der Waals surface area contributed by atoms with Crippen LogP contribution in [0, 0.1) is 5.92 Å². The first-order valence-electron chi connectivity index (χ1n) is 17.3. The van der Waals surface area contributed by atoms with E-state index in [9.17, 15) is 14.7 Å². The fourth-order valence-electron chi connectivity index (χ4n) is 6.15. The molecular formula is C38H50N4O8. The zero-order valence-electron chi connectivity index (χ0n) is 29.6. The number of hydrogen-bond donors (Lipinski definition) is 3. The summed E-state index contributed by atoms with van der Waals surface area (Å²) < 4.78 is 28.9. The van der Waals surface area contributed by atoms with Crippen LogP contribution >= 0.6 is 0 Å². The number of amides is 3. The summed E-state index contributed by atoms with van der Waals surface area (Å²) in [6.07, 6.45) is 2.24. The van der Waals surface area contributed by atoms with Crippen LogP contribution in [0.4, 0.5) is 16.2 Å². The van der Waals surface area contributed by atoms with Crippen molar-refractivity contribution in [3.8, 4) is 23.0 Å². The Labute approximate surface area is 294 Å². The van der Waals surface area contributed by atoms with Gasteiger partial charge in [0, 0.05) is 49.6 Å². The molecule has 12 heteroatoms. The van der Waals surface area contributed by atoms with E-state index in [4.69, 9.17) is 23.7 Å². The van der Waals surface area contributed by atoms with Gasteiger partial charge in [-0.05, 0) is 88.2 Å². The van der Waals surface area contributed by atoms with E-state index in [2.05, 4.69) is 41.6 Å². The Morgan fingerprint density at radius 2 is 1.70 bits per heavy atom. The number of nitrogens with one attached hydrogen (secondary N) is 2. The van der Waals surface area contributed by atoms with Crippen LogP contribution in [-0.2, 0) is 11.3 Å². The van der Waals surface area contributed by atoms with Crippen LogP contribution in [0.1, 0.15) is 56.0 Å². The second kappa shape index (κ2) is 17.4. The molecule has 270 valence electrons. The molecule has 0 unspecified atom stereocenters. The molecule has 4 atom stereocenters. The van der Waals surface area contributed by atoms with Gasteiger partial charge in [0.25, 0.3) is 5.91 Å². The van der Waals surface area contributed by atoms with Gasteiger partial charge < -0.3 is 44.3 Å². The summed E-state index contributed by atoms with van der Waals surface area (Å²) in [6, 6.07) is 17.3. The maximum Gasteiger partial charge on any atom is 0.323 e. The standard InChI is InChI=1S/C38H50N4O8/c1-25-20-42(26(2)23-43)37(44)32-18-29(39-38(45)40-30-12-16-34-35(19-30)49-24-48-34)11-15-33(32)50-27(3)8-6-7-17-47-36(25)22-41(4)21-28-9-13-31(46-5)14-10-28/h9-16,18-19,25-27,36,43H,6-8,17,20-24H2,1-5H3,(H2,39,40,45)/t25-,26-,27-,36+/m1/s1. The first-order valence-corrected chi connectivity index (χ1v) is 17.3. The number of methoxy groups -OCH3 is 1. The quantitative estimate of drug-likeness (QED) is 0.248. The maximum absolute atomic E-state index is 14.4. The molecule has 12 nitrogen and oxygen atoms in total. The number of aliphatic hydroxyl groups is 1. The maximum atomic E-state index is 14.4. The van der Waals surface area contributed by atoms with Crippen LogP contribution < -0.4 is 29.6 Å². The smallest absolute Gasteiger partial charge is 0.323 e. The third-order valence-corrected chi connectivity index (χ3v) is 9.04. The highest BCUT2D eigenvalue weighted by atomic mass is 16.7. The molecule has 0 saturated heterocycles. The average molecular weight is 691 g/mol. The van der Waals surface area contributed by atoms with Crippen LogP contribution in [0.25, 0.3) is 0 Å². The van der Waals surface area contributed by atoms with Crippen molar-refractivity contribution in [2.45, 2.75) is 64.8 Å². The van der Waals surface area contributed by atoms with Gasteiger partial charge in [0.2, 0.25) is 6.79 Å². The monoisotopic (exact) mass is 690 g/mol. The normalized spacial score (nSPS) is 20.3. The Morgan fingerprint density at radius 3 is 2.42 bits per heavy atom. The molecule has 2 aliphatic rings. The molecule has 2 heterocycles. The van der Waals surface area contributed by atoms with Gasteiger partial charge in [0.1, 0.15) is 11.5 Å². The predicted octanol–water partition coefficient (Wildman–Crippen LogP) is 6.00. The highest BCUT2D eigenvalue weighted by molar-refractivity contribution is 6.02. The number of nitrogens with zero attached hydrogens (tertiary/aromatic N) is 2. The molecule has 2 aliphatic heterocycles. The van der Waals surface area contributed by atoms with Gasteiger partial charge in [0.05, 0.1) is 37.5 Å². The second-order valence-electron chi connectivity index (χ2n) is 13.2. The van der Waals surface area contributed by atoms with Crippen molar-refractivity contribution in [2.75, 3.05) is 57.9 Å². The number of rotatable bonds is 9. The van der Waals surface area contributed by atoms with Crippen LogP contribution in [0.15, 0.2) is 60.7 Å². The van der Waals surface area contributed by atoms with Gasteiger partial charge in [-0.15, -0.1) is 0 Å². The molecule has 0 aliphatic carbocycles. The molecule has 3 N–H and O–H groups in total. The van der Waals surface area contributed by atoms with Crippen LogP contribution in [0.2, 0.25) is 0 Å². The number of fused-ring (bicyclic) bond motifs is 2. The SMILES string of the molecule is COc1ccc(CN(C)C[C@@H]2OCCCC[C@@H](C)Oc3ccc(NC(=O)Nc4ccc5c(c4)OCO5)cc3C(=O)N([C@H](C)CO)C[C@H]2C)cc1. The number of aliphatic hydroxyl groups excluding tert-OH is 1. The zero-order valence-corrected chi connectivity index (χ0v) is 29.6. The Bertz CT molecular complexity index is 1590. The van der Waals surface area contributed by atoms with Gasteiger partial charge in [0.15, 0.2) is 11.5 Å². The summed E-state index contributed by atoms with van der Waals surface area (Å²) in [5, 5.41) is 15.9. The lowest BCUT2D eigenvalue weighted by Gasteiger charge is -2.36. The van der Waals surface area contributed by atoms with E-state index in [-0.39, 0.29) is 37.4 Å². The molecule has 0 aromatic heterocycles. The topological polar surface area (TPSA) is 131 Å². The summed E-state index contributed by atoms with van der Waals surface area (Å²) in [5.74, 6) is 2.04. The van der Waals surface area contributed by atoms with Gasteiger partial charge in [-0.2, -0.15) is 0 Å². The van der Waals surface area contributed by atoms with Gasteiger partial charge in [-0.1, -0.05) is 19.1 Å². The number of benzene rings is 3. The molecule has 0 radical (unpaired) electrons. The van der Waals surface area contributed by atoms with Gasteiger partial charge in [-0.3, -0.25) is 9.69 Å². The fourth-order valence-corrected chi connectivity index (χ4v) is 6.15. The van der Waals surface area contributed by atoms with Crippen molar-refractivity contribution < 1.29 is 38.4 Å². The highest BCUT2D eigenvalue weighted by Crippen LogP contribution is 2.34. The van der Waals surface area contributed by atoms with E-state index < -0.39 is 12.1 Å². The summed E-state index contributed by atoms with van der Waals surface area (Å²) in [4.78, 5) is 31.4. The molecule has 50 heavy (non-hydrogen) atoms. The first-order chi connectivity index (χ1) is 24.1.